The summed E-state index contributed by atoms with van der Waals surface area (Å²) in [5.74, 6) is 1.25. The van der Waals surface area contributed by atoms with Gasteiger partial charge in [-0.25, -0.2) is 4.98 Å². The molecule has 0 bridgehead atoms. The van der Waals surface area contributed by atoms with Crippen LogP contribution in [0.4, 0.5) is 5.69 Å². The number of benzene rings is 3. The van der Waals surface area contributed by atoms with E-state index in [1.54, 1.807) is 24.3 Å². The van der Waals surface area contributed by atoms with Crippen molar-refractivity contribution in [3.05, 3.63) is 90.3 Å². The van der Waals surface area contributed by atoms with Crippen LogP contribution in [0, 0.1) is 0 Å². The first kappa shape index (κ1) is 18.7. The second-order valence-electron chi connectivity index (χ2n) is 6.61. The number of aliphatic hydroxyl groups is 1. The fourth-order valence-corrected chi connectivity index (χ4v) is 3.17. The van der Waals surface area contributed by atoms with Gasteiger partial charge in [0, 0.05) is 5.69 Å². The number of imidazole rings is 1. The molecule has 0 fully saturated rings. The normalized spacial score (nSPS) is 10.8. The second kappa shape index (κ2) is 8.58. The van der Waals surface area contributed by atoms with Crippen LogP contribution in [0.2, 0.25) is 0 Å². The Labute approximate surface area is 168 Å². The molecule has 0 spiro atoms. The SMILES string of the molecule is O=C(Cn1c(COc2ccccc2)nc2ccccc21)Nc1cccc(CO)c1. The lowest BCUT2D eigenvalue weighted by molar-refractivity contribution is -0.116. The predicted molar refractivity (Wildman–Crippen MR) is 112 cm³/mol. The Morgan fingerprint density at radius 2 is 1.79 bits per heavy atom. The number of carbonyl (C=O) groups is 1. The highest BCUT2D eigenvalue weighted by Crippen LogP contribution is 2.19. The van der Waals surface area contributed by atoms with Crippen molar-refractivity contribution in [3.8, 4) is 5.75 Å². The van der Waals surface area contributed by atoms with E-state index < -0.39 is 0 Å². The van der Waals surface area contributed by atoms with Crippen molar-refractivity contribution in [2.24, 2.45) is 0 Å². The molecule has 0 radical (unpaired) electrons. The minimum Gasteiger partial charge on any atom is -0.486 e. The maximum atomic E-state index is 12.7. The van der Waals surface area contributed by atoms with Gasteiger partial charge in [0.2, 0.25) is 5.91 Å². The maximum absolute atomic E-state index is 12.7. The number of hydrogen-bond donors (Lipinski definition) is 2. The van der Waals surface area contributed by atoms with E-state index in [2.05, 4.69) is 10.3 Å². The summed E-state index contributed by atoms with van der Waals surface area (Å²) in [5.41, 5.74) is 3.08. The first-order valence-corrected chi connectivity index (χ1v) is 9.34. The molecule has 1 amide bonds. The van der Waals surface area contributed by atoms with Crippen LogP contribution in [0.25, 0.3) is 11.0 Å². The van der Waals surface area contributed by atoms with Crippen molar-refractivity contribution in [1.29, 1.82) is 0 Å². The molecule has 1 heterocycles. The van der Waals surface area contributed by atoms with Crippen LogP contribution in [0.15, 0.2) is 78.9 Å². The van der Waals surface area contributed by atoms with Crippen LogP contribution in [-0.4, -0.2) is 20.6 Å². The van der Waals surface area contributed by atoms with Crippen LogP contribution < -0.4 is 10.1 Å². The average Bonchev–Trinajstić information content (AvgIpc) is 3.10. The Balaban J connectivity index is 1.55. The Morgan fingerprint density at radius 1 is 1.00 bits per heavy atom. The van der Waals surface area contributed by atoms with Crippen LogP contribution in [-0.2, 0) is 24.6 Å². The quantitative estimate of drug-likeness (QED) is 0.506. The van der Waals surface area contributed by atoms with E-state index in [4.69, 9.17) is 4.74 Å². The van der Waals surface area contributed by atoms with E-state index in [9.17, 15) is 9.90 Å². The maximum Gasteiger partial charge on any atom is 0.244 e. The average molecular weight is 387 g/mol. The van der Waals surface area contributed by atoms with Crippen molar-refractivity contribution >= 4 is 22.6 Å². The monoisotopic (exact) mass is 387 g/mol. The molecular weight excluding hydrogens is 366 g/mol. The highest BCUT2D eigenvalue weighted by atomic mass is 16.5. The number of rotatable bonds is 7. The van der Waals surface area contributed by atoms with Crippen molar-refractivity contribution < 1.29 is 14.6 Å². The van der Waals surface area contributed by atoms with E-state index in [0.717, 1.165) is 22.3 Å². The smallest absolute Gasteiger partial charge is 0.244 e. The lowest BCUT2D eigenvalue weighted by atomic mass is 10.2. The van der Waals surface area contributed by atoms with Gasteiger partial charge in [-0.1, -0.05) is 42.5 Å². The molecule has 4 rings (SSSR count). The molecule has 0 saturated heterocycles. The molecule has 0 aliphatic carbocycles. The summed E-state index contributed by atoms with van der Waals surface area (Å²) in [4.78, 5) is 17.3. The topological polar surface area (TPSA) is 76.4 Å². The molecule has 4 aromatic rings. The lowest BCUT2D eigenvalue weighted by Gasteiger charge is -2.11. The lowest BCUT2D eigenvalue weighted by Crippen LogP contribution is -2.20. The first-order valence-electron chi connectivity index (χ1n) is 9.34. The van der Waals surface area contributed by atoms with Crippen LogP contribution >= 0.6 is 0 Å². The summed E-state index contributed by atoms with van der Waals surface area (Å²) in [5, 5.41) is 12.2. The van der Waals surface area contributed by atoms with E-state index in [-0.39, 0.29) is 25.7 Å². The molecule has 0 aliphatic rings. The fraction of sp³-hybridized carbons (Fsp3) is 0.130. The molecule has 29 heavy (non-hydrogen) atoms. The molecule has 1 aromatic heterocycles. The number of anilines is 1. The largest absolute Gasteiger partial charge is 0.486 e. The van der Waals surface area contributed by atoms with Gasteiger partial charge in [0.05, 0.1) is 17.6 Å². The number of carbonyl (C=O) groups excluding carboxylic acids is 1. The van der Waals surface area contributed by atoms with Gasteiger partial charge in [-0.15, -0.1) is 0 Å². The van der Waals surface area contributed by atoms with E-state index in [1.165, 1.54) is 0 Å². The minimum atomic E-state index is -0.177. The number of hydrogen-bond acceptors (Lipinski definition) is 4. The summed E-state index contributed by atoms with van der Waals surface area (Å²) >= 11 is 0. The Kier molecular flexibility index (Phi) is 5.54. The Morgan fingerprint density at radius 3 is 2.62 bits per heavy atom. The number of amides is 1. The van der Waals surface area contributed by atoms with E-state index >= 15 is 0 Å². The van der Waals surface area contributed by atoms with Crippen molar-refractivity contribution in [3.63, 3.8) is 0 Å². The standard InChI is InChI=1S/C23H21N3O3/c27-15-17-7-6-8-18(13-17)24-23(28)14-26-21-12-5-4-11-20(21)25-22(26)16-29-19-9-2-1-3-10-19/h1-13,27H,14-16H2,(H,24,28). The highest BCUT2D eigenvalue weighted by Gasteiger charge is 2.14. The highest BCUT2D eigenvalue weighted by molar-refractivity contribution is 5.91. The molecular formula is C23H21N3O3. The molecule has 6 heteroatoms. The van der Waals surface area contributed by atoms with Crippen LogP contribution in [0.1, 0.15) is 11.4 Å². The zero-order valence-corrected chi connectivity index (χ0v) is 15.8. The van der Waals surface area contributed by atoms with Gasteiger partial charge in [-0.3, -0.25) is 4.79 Å². The molecule has 0 atom stereocenters. The summed E-state index contributed by atoms with van der Waals surface area (Å²) in [6.45, 7) is 0.292. The fourth-order valence-electron chi connectivity index (χ4n) is 3.17. The molecule has 6 nitrogen and oxygen atoms in total. The number of nitrogens with zero attached hydrogens (tertiary/aromatic N) is 2. The summed E-state index contributed by atoms with van der Waals surface area (Å²) in [6.07, 6.45) is 0. The Hall–Kier alpha value is -3.64. The molecule has 2 N–H and O–H groups in total. The third-order valence-electron chi connectivity index (χ3n) is 4.54. The van der Waals surface area contributed by atoms with Gasteiger partial charge in [-0.05, 0) is 42.0 Å². The molecule has 3 aromatic carbocycles. The number of aromatic nitrogens is 2. The summed E-state index contributed by atoms with van der Waals surface area (Å²) < 4.78 is 7.71. The van der Waals surface area contributed by atoms with Gasteiger partial charge in [0.15, 0.2) is 0 Å². The number of ether oxygens (including phenoxy) is 1. The minimum absolute atomic E-state index is 0.0726. The zero-order chi connectivity index (χ0) is 20.1. The van der Waals surface area contributed by atoms with Crippen molar-refractivity contribution in [2.45, 2.75) is 19.8 Å². The third-order valence-corrected chi connectivity index (χ3v) is 4.54. The second-order valence-corrected chi connectivity index (χ2v) is 6.61. The third kappa shape index (κ3) is 4.44. The van der Waals surface area contributed by atoms with Gasteiger partial charge >= 0.3 is 0 Å². The number of nitrogens with one attached hydrogen (secondary N) is 1. The van der Waals surface area contributed by atoms with E-state index in [0.29, 0.717) is 11.5 Å². The number of aliphatic hydroxyl groups excluding tert-OH is 1. The first-order chi connectivity index (χ1) is 14.2. The molecule has 146 valence electrons. The predicted octanol–water partition coefficient (Wildman–Crippen LogP) is 3.75. The molecule has 0 unspecified atom stereocenters. The van der Waals surface area contributed by atoms with E-state index in [1.807, 2.05) is 59.2 Å². The van der Waals surface area contributed by atoms with Gasteiger partial charge in [-0.2, -0.15) is 0 Å². The van der Waals surface area contributed by atoms with Crippen LogP contribution in [0.5, 0.6) is 5.75 Å². The Bertz CT molecular complexity index is 1120. The van der Waals surface area contributed by atoms with Gasteiger partial charge in [0.1, 0.15) is 24.7 Å². The summed E-state index contributed by atoms with van der Waals surface area (Å²) in [6, 6.07) is 24.4. The van der Waals surface area contributed by atoms with Crippen LogP contribution in [0.3, 0.4) is 0 Å². The van der Waals surface area contributed by atoms with Gasteiger partial charge in [0.25, 0.3) is 0 Å². The zero-order valence-electron chi connectivity index (χ0n) is 15.8. The number of fused-ring (bicyclic) bond motifs is 1. The molecule has 0 saturated carbocycles. The summed E-state index contributed by atoms with van der Waals surface area (Å²) in [7, 11) is 0. The van der Waals surface area contributed by atoms with Gasteiger partial charge < -0.3 is 19.7 Å². The number of para-hydroxylation sites is 3. The molecule has 0 aliphatic heterocycles. The van der Waals surface area contributed by atoms with Crippen molar-refractivity contribution in [2.75, 3.05) is 5.32 Å². The van der Waals surface area contributed by atoms with Crippen molar-refractivity contribution in [1.82, 2.24) is 9.55 Å².